The van der Waals surface area contributed by atoms with Crippen LogP contribution in [0, 0.1) is 5.92 Å². The average Bonchev–Trinajstić information content (AvgIpc) is 3.16. The summed E-state index contributed by atoms with van der Waals surface area (Å²) in [5.74, 6) is -2.38. The minimum Gasteiger partial charge on any atom is -0.475 e. The topological polar surface area (TPSA) is 65.7 Å². The minimum absolute atomic E-state index is 0.375. The molecule has 0 amide bonds. The van der Waals surface area contributed by atoms with Gasteiger partial charge in [0.2, 0.25) is 0 Å². The predicted octanol–water partition coefficient (Wildman–Crippen LogP) is 4.09. The number of rotatable bonds is 4. The molecule has 1 saturated heterocycles. The number of hydrogen-bond donors (Lipinski definition) is 2. The van der Waals surface area contributed by atoms with E-state index in [1.165, 1.54) is 17.7 Å². The van der Waals surface area contributed by atoms with E-state index < -0.39 is 17.7 Å². The number of benzene rings is 1. The molecule has 0 spiro atoms. The summed E-state index contributed by atoms with van der Waals surface area (Å²) < 4.78 is 33.9. The van der Waals surface area contributed by atoms with Gasteiger partial charge in [-0.05, 0) is 69.0 Å². The normalized spacial score (nSPS) is 18.1. The molecule has 0 bridgehead atoms. The van der Waals surface area contributed by atoms with Gasteiger partial charge in [0.25, 0.3) is 0 Å². The van der Waals surface area contributed by atoms with Crippen molar-refractivity contribution in [2.24, 2.45) is 5.92 Å². The zero-order valence-corrected chi connectivity index (χ0v) is 16.6. The second kappa shape index (κ2) is 9.45. The lowest BCUT2D eigenvalue weighted by molar-refractivity contribution is -0.192. The van der Waals surface area contributed by atoms with Crippen molar-refractivity contribution in [3.05, 3.63) is 54.4 Å². The van der Waals surface area contributed by atoms with Crippen LogP contribution in [0.5, 0.6) is 0 Å². The number of hydrogen-bond acceptors (Lipinski definition) is 3. The number of halogens is 3. The maximum Gasteiger partial charge on any atom is 0.490 e. The fourth-order valence-electron chi connectivity index (χ4n) is 3.31. The first-order valence-electron chi connectivity index (χ1n) is 9.44. The van der Waals surface area contributed by atoms with Crippen molar-refractivity contribution < 1.29 is 28.2 Å². The molecule has 0 saturated carbocycles. The first-order valence-corrected chi connectivity index (χ1v) is 9.44. The quantitative estimate of drug-likeness (QED) is 0.794. The van der Waals surface area contributed by atoms with Crippen molar-refractivity contribution >= 4 is 5.97 Å². The van der Waals surface area contributed by atoms with Crippen molar-refractivity contribution in [3.8, 4) is 5.69 Å². The lowest BCUT2D eigenvalue weighted by atomic mass is 9.84. The number of likely N-dealkylation sites (tertiary alicyclic amines) is 1. The third kappa shape index (κ3) is 7.21. The highest BCUT2D eigenvalue weighted by Gasteiger charge is 2.38. The molecule has 160 valence electrons. The van der Waals surface area contributed by atoms with Gasteiger partial charge >= 0.3 is 12.1 Å². The molecule has 0 radical (unpaired) electrons. The van der Waals surface area contributed by atoms with E-state index in [1.807, 2.05) is 26.0 Å². The molecular formula is C21H27F3N2O3. The van der Waals surface area contributed by atoms with Crippen LogP contribution >= 0.6 is 0 Å². The zero-order chi connectivity index (χ0) is 21.7. The Bertz CT molecular complexity index is 766. The molecule has 1 unspecified atom stereocenters. The molecule has 1 aliphatic rings. The van der Waals surface area contributed by atoms with Crippen LogP contribution in [0.4, 0.5) is 13.2 Å². The number of aliphatic carboxylic acids is 1. The van der Waals surface area contributed by atoms with Crippen LogP contribution in [-0.2, 0) is 11.3 Å². The van der Waals surface area contributed by atoms with E-state index in [4.69, 9.17) is 9.90 Å². The summed E-state index contributed by atoms with van der Waals surface area (Å²) in [6, 6.07) is 12.8. The molecule has 1 aromatic heterocycles. The average molecular weight is 412 g/mol. The van der Waals surface area contributed by atoms with Gasteiger partial charge in [0.05, 0.1) is 5.60 Å². The highest BCUT2D eigenvalue weighted by atomic mass is 19.4. The Balaban J connectivity index is 0.000000370. The Morgan fingerprint density at radius 1 is 1.14 bits per heavy atom. The van der Waals surface area contributed by atoms with E-state index >= 15 is 0 Å². The summed E-state index contributed by atoms with van der Waals surface area (Å²) in [5.41, 5.74) is 1.96. The Hall–Kier alpha value is -2.32. The molecule has 3 rings (SSSR count). The van der Waals surface area contributed by atoms with Gasteiger partial charge in [-0.1, -0.05) is 12.1 Å². The van der Waals surface area contributed by atoms with Crippen LogP contribution in [-0.4, -0.2) is 50.5 Å². The lowest BCUT2D eigenvalue weighted by Gasteiger charge is -2.38. The monoisotopic (exact) mass is 412 g/mol. The molecule has 8 heteroatoms. The lowest BCUT2D eigenvalue weighted by Crippen LogP contribution is -2.44. The highest BCUT2D eigenvalue weighted by molar-refractivity contribution is 5.73. The van der Waals surface area contributed by atoms with Crippen LogP contribution < -0.4 is 0 Å². The van der Waals surface area contributed by atoms with Crippen molar-refractivity contribution in [2.75, 3.05) is 13.1 Å². The highest BCUT2D eigenvalue weighted by Crippen LogP contribution is 2.27. The van der Waals surface area contributed by atoms with E-state index in [2.05, 4.69) is 46.1 Å². The first-order chi connectivity index (χ1) is 13.5. The molecule has 2 aromatic rings. The number of alkyl halides is 3. The molecule has 0 aliphatic carbocycles. The maximum absolute atomic E-state index is 10.6. The number of nitrogens with zero attached hydrogens (tertiary/aromatic N) is 2. The second-order valence-electron chi connectivity index (χ2n) is 7.79. The molecule has 2 heterocycles. The summed E-state index contributed by atoms with van der Waals surface area (Å²) in [4.78, 5) is 11.4. The molecule has 1 atom stereocenters. The fraction of sp³-hybridized carbons (Fsp3) is 0.476. The molecule has 1 aliphatic heterocycles. The molecule has 29 heavy (non-hydrogen) atoms. The third-order valence-electron chi connectivity index (χ3n) is 4.99. The van der Waals surface area contributed by atoms with E-state index in [-0.39, 0.29) is 0 Å². The van der Waals surface area contributed by atoms with E-state index in [0.717, 1.165) is 26.1 Å². The number of carboxylic acids is 1. The van der Waals surface area contributed by atoms with Crippen molar-refractivity contribution in [2.45, 2.75) is 45.0 Å². The maximum atomic E-state index is 10.6. The van der Waals surface area contributed by atoms with Crippen LogP contribution in [0.2, 0.25) is 0 Å². The van der Waals surface area contributed by atoms with Crippen LogP contribution in [0.1, 0.15) is 32.3 Å². The number of aromatic nitrogens is 1. The largest absolute Gasteiger partial charge is 0.490 e. The Labute approximate surface area is 168 Å². The van der Waals surface area contributed by atoms with E-state index in [0.29, 0.717) is 5.92 Å². The summed E-state index contributed by atoms with van der Waals surface area (Å²) in [6.07, 6.45) is 1.35. The number of aliphatic hydroxyl groups is 1. The summed E-state index contributed by atoms with van der Waals surface area (Å²) in [7, 11) is 0. The SMILES string of the molecule is CC(C)(O)C1CCCN(Cc2ccc(-n3cccc3)cc2)C1.O=C(O)C(F)(F)F. The Morgan fingerprint density at radius 2 is 1.69 bits per heavy atom. The van der Waals surface area contributed by atoms with Crippen molar-refractivity contribution in [1.82, 2.24) is 9.47 Å². The predicted molar refractivity (Wildman–Crippen MR) is 104 cm³/mol. The van der Waals surface area contributed by atoms with Crippen LogP contribution in [0.15, 0.2) is 48.8 Å². The van der Waals surface area contributed by atoms with Gasteiger partial charge in [0.15, 0.2) is 0 Å². The Kier molecular flexibility index (Phi) is 7.48. The smallest absolute Gasteiger partial charge is 0.475 e. The minimum atomic E-state index is -5.08. The van der Waals surface area contributed by atoms with E-state index in [9.17, 15) is 18.3 Å². The number of carboxylic acid groups (broad SMARTS) is 1. The summed E-state index contributed by atoms with van der Waals surface area (Å²) in [5, 5.41) is 17.4. The Morgan fingerprint density at radius 3 is 2.17 bits per heavy atom. The first kappa shape index (κ1) is 23.0. The van der Waals surface area contributed by atoms with Gasteiger partial charge in [-0.3, -0.25) is 4.90 Å². The van der Waals surface area contributed by atoms with Crippen LogP contribution in [0.3, 0.4) is 0 Å². The molecule has 5 nitrogen and oxygen atoms in total. The second-order valence-corrected chi connectivity index (χ2v) is 7.79. The zero-order valence-electron chi connectivity index (χ0n) is 16.6. The molecular weight excluding hydrogens is 385 g/mol. The van der Waals surface area contributed by atoms with Crippen molar-refractivity contribution in [1.29, 1.82) is 0 Å². The van der Waals surface area contributed by atoms with Gasteiger partial charge in [-0.15, -0.1) is 0 Å². The summed E-state index contributed by atoms with van der Waals surface area (Å²) >= 11 is 0. The van der Waals surface area contributed by atoms with E-state index in [1.54, 1.807) is 0 Å². The summed E-state index contributed by atoms with van der Waals surface area (Å²) in [6.45, 7) is 6.97. The third-order valence-corrected chi connectivity index (χ3v) is 4.99. The fourth-order valence-corrected chi connectivity index (χ4v) is 3.31. The standard InChI is InChI=1S/C19H26N2O.C2HF3O2/c1-19(2,22)17-6-5-11-20(15-17)14-16-7-9-18(10-8-16)21-12-3-4-13-21;3-2(4,5)1(6)7/h3-4,7-10,12-13,17,22H,5-6,11,14-15H2,1-2H3;(H,6,7). The van der Waals surface area contributed by atoms with Gasteiger partial charge in [-0.25, -0.2) is 4.79 Å². The van der Waals surface area contributed by atoms with Crippen LogP contribution in [0.25, 0.3) is 5.69 Å². The molecule has 1 aromatic carbocycles. The number of piperidine rings is 1. The van der Waals surface area contributed by atoms with Gasteiger partial charge < -0.3 is 14.8 Å². The number of carbonyl (C=O) groups is 1. The van der Waals surface area contributed by atoms with Gasteiger partial charge in [0, 0.05) is 31.2 Å². The van der Waals surface area contributed by atoms with Crippen molar-refractivity contribution in [3.63, 3.8) is 0 Å². The molecule has 2 N–H and O–H groups in total. The van der Waals surface area contributed by atoms with Gasteiger partial charge in [-0.2, -0.15) is 13.2 Å². The molecule has 1 fully saturated rings. The van der Waals surface area contributed by atoms with Gasteiger partial charge in [0.1, 0.15) is 0 Å².